The maximum Gasteiger partial charge on any atom is 0.134 e. The summed E-state index contributed by atoms with van der Waals surface area (Å²) >= 11 is 1.69. The van der Waals surface area contributed by atoms with E-state index in [1.54, 1.807) is 29.7 Å². The van der Waals surface area contributed by atoms with Gasteiger partial charge in [0.15, 0.2) is 0 Å². The molecule has 2 unspecified atom stereocenters. The van der Waals surface area contributed by atoms with Crippen LogP contribution in [0.4, 0.5) is 4.39 Å². The topological polar surface area (TPSA) is 39.1 Å². The summed E-state index contributed by atoms with van der Waals surface area (Å²) in [5.74, 6) is -0.208. The van der Waals surface area contributed by atoms with Crippen molar-refractivity contribution >= 4 is 11.3 Å². The molecule has 0 radical (unpaired) electrons. The third-order valence-corrected chi connectivity index (χ3v) is 5.57. The minimum atomic E-state index is -0.208. The van der Waals surface area contributed by atoms with Crippen LogP contribution >= 0.6 is 11.3 Å². The van der Waals surface area contributed by atoms with Gasteiger partial charge in [0.2, 0.25) is 0 Å². The third kappa shape index (κ3) is 4.38. The number of nitrogens with zero attached hydrogens (tertiary/aromatic N) is 2. The normalized spacial score (nSPS) is 13.7. The highest BCUT2D eigenvalue weighted by Crippen LogP contribution is 2.32. The van der Waals surface area contributed by atoms with Crippen LogP contribution in [0.2, 0.25) is 0 Å². The van der Waals surface area contributed by atoms with Crippen molar-refractivity contribution in [2.75, 3.05) is 13.7 Å². The van der Waals surface area contributed by atoms with Crippen LogP contribution in [0.1, 0.15) is 27.8 Å². The van der Waals surface area contributed by atoms with Gasteiger partial charge in [-0.3, -0.25) is 4.68 Å². The fourth-order valence-corrected chi connectivity index (χ4v) is 3.98. The van der Waals surface area contributed by atoms with E-state index in [9.17, 15) is 4.39 Å². The predicted molar refractivity (Wildman–Crippen MR) is 103 cm³/mol. The largest absolute Gasteiger partial charge is 0.365 e. The Bertz CT molecular complexity index is 805. The molecule has 2 atom stereocenters. The molecule has 0 aliphatic carbocycles. The number of aryl methyl sites for hydroxylation is 2. The molecule has 2 aromatic heterocycles. The molecule has 138 valence electrons. The minimum absolute atomic E-state index is 0.0906. The van der Waals surface area contributed by atoms with E-state index >= 15 is 0 Å². The van der Waals surface area contributed by atoms with Crippen molar-refractivity contribution in [3.8, 4) is 0 Å². The van der Waals surface area contributed by atoms with E-state index in [2.05, 4.69) is 28.8 Å². The zero-order valence-corrected chi connectivity index (χ0v) is 16.1. The lowest BCUT2D eigenvalue weighted by molar-refractivity contribution is 0.0606. The van der Waals surface area contributed by atoms with Gasteiger partial charge in [0.25, 0.3) is 0 Å². The summed E-state index contributed by atoms with van der Waals surface area (Å²) in [6.07, 6.45) is 2.33. The molecule has 0 spiro atoms. The molecule has 1 aromatic carbocycles. The van der Waals surface area contributed by atoms with Crippen molar-refractivity contribution in [3.05, 3.63) is 75.5 Å². The molecule has 2 heterocycles. The number of ether oxygens (including phenoxy) is 1. The van der Waals surface area contributed by atoms with Crippen molar-refractivity contribution < 1.29 is 9.13 Å². The number of likely N-dealkylation sites (N-methyl/N-ethyl adjacent to an activating group) is 1. The standard InChI is InChI=1S/C20H24FN3OS/c1-14-8-10-26-20(14)19(18-7-9-23-24(18)3)25-13-17(22-2)12-15-5-4-6-16(21)11-15/h4-11,17,19,22H,12-13H2,1-3H3. The molecular formula is C20H24FN3OS. The molecular weight excluding hydrogens is 349 g/mol. The molecule has 3 aromatic rings. The summed E-state index contributed by atoms with van der Waals surface area (Å²) in [6.45, 7) is 2.61. The van der Waals surface area contributed by atoms with Crippen molar-refractivity contribution in [1.82, 2.24) is 15.1 Å². The second-order valence-electron chi connectivity index (χ2n) is 6.38. The highest BCUT2D eigenvalue weighted by molar-refractivity contribution is 7.10. The van der Waals surface area contributed by atoms with Gasteiger partial charge in [-0.2, -0.15) is 5.10 Å². The number of thiophene rings is 1. The van der Waals surface area contributed by atoms with Gasteiger partial charge in [-0.15, -0.1) is 11.3 Å². The quantitative estimate of drug-likeness (QED) is 0.652. The Balaban J connectivity index is 1.74. The van der Waals surface area contributed by atoms with Gasteiger partial charge in [-0.1, -0.05) is 12.1 Å². The lowest BCUT2D eigenvalue weighted by atomic mass is 10.1. The summed E-state index contributed by atoms with van der Waals surface area (Å²) in [6, 6.07) is 10.9. The maximum absolute atomic E-state index is 13.4. The van der Waals surface area contributed by atoms with E-state index in [1.807, 2.05) is 30.9 Å². The van der Waals surface area contributed by atoms with E-state index in [-0.39, 0.29) is 18.0 Å². The average molecular weight is 373 g/mol. The zero-order valence-electron chi connectivity index (χ0n) is 15.3. The molecule has 0 amide bonds. The van der Waals surface area contributed by atoms with Gasteiger partial charge in [0.05, 0.1) is 12.3 Å². The highest BCUT2D eigenvalue weighted by atomic mass is 32.1. The zero-order chi connectivity index (χ0) is 18.5. The molecule has 0 bridgehead atoms. The number of hydrogen-bond donors (Lipinski definition) is 1. The highest BCUT2D eigenvalue weighted by Gasteiger charge is 2.22. The Morgan fingerprint density at radius 1 is 1.31 bits per heavy atom. The Kier molecular flexibility index (Phi) is 6.19. The van der Waals surface area contributed by atoms with Crippen LogP contribution in [0.15, 0.2) is 48.0 Å². The SMILES string of the molecule is CNC(COC(c1sccc1C)c1ccnn1C)Cc1cccc(F)c1. The average Bonchev–Trinajstić information content (AvgIpc) is 3.23. The number of halogens is 1. The van der Waals surface area contributed by atoms with Crippen LogP contribution in [0.25, 0.3) is 0 Å². The Hall–Kier alpha value is -2.02. The molecule has 0 saturated heterocycles. The summed E-state index contributed by atoms with van der Waals surface area (Å²) < 4.78 is 21.6. The summed E-state index contributed by atoms with van der Waals surface area (Å²) in [5.41, 5.74) is 3.20. The van der Waals surface area contributed by atoms with Crippen LogP contribution in [0, 0.1) is 12.7 Å². The lowest BCUT2D eigenvalue weighted by Crippen LogP contribution is -2.33. The smallest absolute Gasteiger partial charge is 0.134 e. The van der Waals surface area contributed by atoms with E-state index < -0.39 is 0 Å². The maximum atomic E-state index is 13.4. The van der Waals surface area contributed by atoms with Crippen LogP contribution in [-0.2, 0) is 18.2 Å². The van der Waals surface area contributed by atoms with Gasteiger partial charge in [-0.25, -0.2) is 4.39 Å². The molecule has 6 heteroatoms. The monoisotopic (exact) mass is 373 g/mol. The van der Waals surface area contributed by atoms with Crippen LogP contribution in [-0.4, -0.2) is 29.5 Å². The van der Waals surface area contributed by atoms with Crippen molar-refractivity contribution in [3.63, 3.8) is 0 Å². The first-order valence-electron chi connectivity index (χ1n) is 8.63. The Morgan fingerprint density at radius 2 is 2.15 bits per heavy atom. The van der Waals surface area contributed by atoms with E-state index in [0.717, 1.165) is 11.3 Å². The fourth-order valence-electron chi connectivity index (χ4n) is 2.99. The van der Waals surface area contributed by atoms with E-state index in [4.69, 9.17) is 4.74 Å². The van der Waals surface area contributed by atoms with Gasteiger partial charge in [0.1, 0.15) is 11.9 Å². The lowest BCUT2D eigenvalue weighted by Gasteiger charge is -2.22. The van der Waals surface area contributed by atoms with Crippen molar-refractivity contribution in [1.29, 1.82) is 0 Å². The minimum Gasteiger partial charge on any atom is -0.365 e. The number of benzene rings is 1. The molecule has 4 nitrogen and oxygen atoms in total. The van der Waals surface area contributed by atoms with E-state index in [1.165, 1.54) is 16.5 Å². The summed E-state index contributed by atoms with van der Waals surface area (Å²) in [4.78, 5) is 1.19. The number of nitrogens with one attached hydrogen (secondary N) is 1. The second kappa shape index (κ2) is 8.58. The van der Waals surface area contributed by atoms with Crippen LogP contribution in [0.5, 0.6) is 0 Å². The molecule has 0 fully saturated rings. The summed E-state index contributed by atoms with van der Waals surface area (Å²) in [7, 11) is 3.83. The van der Waals surface area contributed by atoms with E-state index in [0.29, 0.717) is 13.0 Å². The fraction of sp³-hybridized carbons (Fsp3) is 0.350. The second-order valence-corrected chi connectivity index (χ2v) is 7.33. The first-order chi connectivity index (χ1) is 12.6. The van der Waals surface area contributed by atoms with Crippen LogP contribution < -0.4 is 5.32 Å². The van der Waals surface area contributed by atoms with Crippen molar-refractivity contribution in [2.24, 2.45) is 7.05 Å². The first-order valence-corrected chi connectivity index (χ1v) is 9.51. The first kappa shape index (κ1) is 18.8. The van der Waals surface area contributed by atoms with Crippen molar-refractivity contribution in [2.45, 2.75) is 25.5 Å². The van der Waals surface area contributed by atoms with Crippen LogP contribution in [0.3, 0.4) is 0 Å². The molecule has 3 rings (SSSR count). The Morgan fingerprint density at radius 3 is 2.77 bits per heavy atom. The molecule has 0 aliphatic heterocycles. The molecule has 1 N–H and O–H groups in total. The predicted octanol–water partition coefficient (Wildman–Crippen LogP) is 3.87. The summed E-state index contributed by atoms with van der Waals surface area (Å²) in [5, 5.41) is 9.65. The number of hydrogen-bond acceptors (Lipinski definition) is 4. The third-order valence-electron chi connectivity index (χ3n) is 4.51. The Labute approximate surface area is 157 Å². The molecule has 0 saturated carbocycles. The van der Waals surface area contributed by atoms with Gasteiger partial charge in [-0.05, 0) is 61.2 Å². The number of aromatic nitrogens is 2. The molecule has 0 aliphatic rings. The van der Waals surface area contributed by atoms with Gasteiger partial charge < -0.3 is 10.1 Å². The van der Waals surface area contributed by atoms with Gasteiger partial charge in [0, 0.05) is 24.2 Å². The van der Waals surface area contributed by atoms with Gasteiger partial charge >= 0.3 is 0 Å². The molecule has 26 heavy (non-hydrogen) atoms. The number of rotatable bonds is 8.